The van der Waals surface area contributed by atoms with Crippen molar-refractivity contribution in [3.8, 4) is 0 Å². The van der Waals surface area contributed by atoms with E-state index in [1.807, 2.05) is 0 Å². The third kappa shape index (κ3) is 11.6. The third-order valence-electron chi connectivity index (χ3n) is 8.86. The molecule has 0 bridgehead atoms. The number of aryl methyl sites for hydroxylation is 2. The Kier molecular flexibility index (Phi) is 13.6. The van der Waals surface area contributed by atoms with E-state index >= 15 is 0 Å². The van der Waals surface area contributed by atoms with E-state index in [4.69, 9.17) is 0 Å². The van der Waals surface area contributed by atoms with Crippen LogP contribution >= 0.6 is 0 Å². The molecule has 0 saturated carbocycles. The Bertz CT molecular complexity index is 973. The fourth-order valence-electron chi connectivity index (χ4n) is 6.53. The molecule has 0 aliphatic carbocycles. The summed E-state index contributed by atoms with van der Waals surface area (Å²) in [6.45, 7) is 14.2. The third-order valence-corrected chi connectivity index (χ3v) is 8.86. The second-order valence-electron chi connectivity index (χ2n) is 15.1. The maximum absolute atomic E-state index is 2.40. The molecule has 222 valence electrons. The van der Waals surface area contributed by atoms with Crippen molar-refractivity contribution in [3.05, 3.63) is 59.7 Å². The molecular weight excluding hydrogens is 480 g/mol. The highest BCUT2D eigenvalue weighted by Gasteiger charge is 2.14. The molecule has 0 aromatic heterocycles. The molecule has 3 aromatic carbocycles. The first-order valence-corrected chi connectivity index (χ1v) is 17.1. The lowest BCUT2D eigenvalue weighted by molar-refractivity contribution is 0.356. The minimum atomic E-state index is 0.493. The van der Waals surface area contributed by atoms with Gasteiger partial charge in [0.25, 0.3) is 0 Å². The average Bonchev–Trinajstić information content (AvgIpc) is 2.90. The molecule has 0 fully saturated rings. The molecule has 0 radical (unpaired) electrons. The van der Waals surface area contributed by atoms with Gasteiger partial charge in [-0.2, -0.15) is 0 Å². The number of rotatable bonds is 18. The quantitative estimate of drug-likeness (QED) is 0.111. The predicted molar refractivity (Wildman–Crippen MR) is 182 cm³/mol. The zero-order valence-electron chi connectivity index (χ0n) is 27.3. The molecule has 0 amide bonds. The van der Waals surface area contributed by atoms with Crippen molar-refractivity contribution in [1.82, 2.24) is 0 Å². The van der Waals surface area contributed by atoms with Crippen molar-refractivity contribution in [2.24, 2.45) is 10.8 Å². The van der Waals surface area contributed by atoms with Gasteiger partial charge in [-0.25, -0.2) is 0 Å². The van der Waals surface area contributed by atoms with Gasteiger partial charge in [0.1, 0.15) is 0 Å². The van der Waals surface area contributed by atoms with Gasteiger partial charge in [-0.15, -0.1) is 0 Å². The molecule has 3 rings (SSSR count). The minimum absolute atomic E-state index is 0.493. The number of hydrogen-bond acceptors (Lipinski definition) is 0. The van der Waals surface area contributed by atoms with Gasteiger partial charge in [0.05, 0.1) is 0 Å². The Morgan fingerprint density at radius 2 is 0.600 bits per heavy atom. The SMILES string of the molecule is CC(C)(C)CCCCCCCCCc1c2ccccc2c(CCCCCCCCCC(C)(C)C)c2ccccc12. The summed E-state index contributed by atoms with van der Waals surface area (Å²) in [4.78, 5) is 0. The van der Waals surface area contributed by atoms with Crippen LogP contribution in [0.2, 0.25) is 0 Å². The molecule has 40 heavy (non-hydrogen) atoms. The van der Waals surface area contributed by atoms with Crippen molar-refractivity contribution in [1.29, 1.82) is 0 Å². The minimum Gasteiger partial charge on any atom is -0.0616 e. The van der Waals surface area contributed by atoms with Gasteiger partial charge in [-0.3, -0.25) is 0 Å². The first-order chi connectivity index (χ1) is 19.2. The zero-order valence-corrected chi connectivity index (χ0v) is 27.3. The van der Waals surface area contributed by atoms with Crippen LogP contribution in [0.3, 0.4) is 0 Å². The molecule has 0 heteroatoms. The summed E-state index contributed by atoms with van der Waals surface area (Å²) < 4.78 is 0. The van der Waals surface area contributed by atoms with E-state index in [0.29, 0.717) is 10.8 Å². The lowest BCUT2D eigenvalue weighted by atomic mass is 9.87. The second kappa shape index (κ2) is 16.6. The van der Waals surface area contributed by atoms with Gasteiger partial charge in [-0.05, 0) is 82.0 Å². The molecule has 0 atom stereocenters. The summed E-state index contributed by atoms with van der Waals surface area (Å²) in [6.07, 6.45) is 24.5. The van der Waals surface area contributed by atoms with Gasteiger partial charge >= 0.3 is 0 Å². The number of benzene rings is 3. The summed E-state index contributed by atoms with van der Waals surface area (Å²) in [7, 11) is 0. The highest BCUT2D eigenvalue weighted by atomic mass is 14.2. The van der Waals surface area contributed by atoms with Crippen LogP contribution in [-0.2, 0) is 12.8 Å². The molecular formula is C40H62. The van der Waals surface area contributed by atoms with Crippen LogP contribution in [0.15, 0.2) is 48.5 Å². The first-order valence-electron chi connectivity index (χ1n) is 17.1. The van der Waals surface area contributed by atoms with Crippen LogP contribution in [0.4, 0.5) is 0 Å². The van der Waals surface area contributed by atoms with Crippen molar-refractivity contribution in [2.45, 2.75) is 157 Å². The van der Waals surface area contributed by atoms with Crippen LogP contribution in [-0.4, -0.2) is 0 Å². The molecule has 0 aliphatic heterocycles. The van der Waals surface area contributed by atoms with Gasteiger partial charge in [0.2, 0.25) is 0 Å². The fraction of sp³-hybridized carbons (Fsp3) is 0.650. The first kappa shape index (κ1) is 32.7. The lowest BCUT2D eigenvalue weighted by Gasteiger charge is -2.18. The van der Waals surface area contributed by atoms with E-state index in [9.17, 15) is 0 Å². The fourth-order valence-corrected chi connectivity index (χ4v) is 6.53. The summed E-state index contributed by atoms with van der Waals surface area (Å²) in [5, 5.41) is 6.05. The molecule has 0 nitrogen and oxygen atoms in total. The highest BCUT2D eigenvalue weighted by molar-refractivity contribution is 6.05. The number of hydrogen-bond donors (Lipinski definition) is 0. The normalized spacial score (nSPS) is 12.6. The summed E-state index contributed by atoms with van der Waals surface area (Å²) >= 11 is 0. The lowest BCUT2D eigenvalue weighted by Crippen LogP contribution is -2.03. The van der Waals surface area contributed by atoms with Gasteiger partial charge in [-0.1, -0.05) is 167 Å². The Labute approximate surface area is 248 Å². The average molecular weight is 543 g/mol. The summed E-state index contributed by atoms with van der Waals surface area (Å²) in [5.41, 5.74) is 4.17. The monoisotopic (exact) mass is 542 g/mol. The molecule has 0 saturated heterocycles. The molecule has 0 N–H and O–H groups in total. The zero-order chi connectivity index (χ0) is 28.8. The van der Waals surface area contributed by atoms with Crippen molar-refractivity contribution >= 4 is 21.5 Å². The second-order valence-corrected chi connectivity index (χ2v) is 15.1. The molecule has 0 spiro atoms. The molecule has 3 aromatic rings. The Balaban J connectivity index is 1.51. The van der Waals surface area contributed by atoms with E-state index in [1.54, 1.807) is 11.1 Å². The highest BCUT2D eigenvalue weighted by Crippen LogP contribution is 2.35. The molecule has 0 aliphatic rings. The van der Waals surface area contributed by atoms with Crippen LogP contribution in [0.1, 0.15) is 155 Å². The Morgan fingerprint density at radius 3 is 0.875 bits per heavy atom. The van der Waals surface area contributed by atoms with Gasteiger partial charge in [0.15, 0.2) is 0 Å². The molecule has 0 heterocycles. The van der Waals surface area contributed by atoms with Crippen LogP contribution in [0, 0.1) is 10.8 Å². The van der Waals surface area contributed by atoms with Gasteiger partial charge in [0, 0.05) is 0 Å². The summed E-state index contributed by atoms with van der Waals surface area (Å²) in [5.74, 6) is 0. The largest absolute Gasteiger partial charge is 0.0616 e. The Morgan fingerprint density at radius 1 is 0.350 bits per heavy atom. The van der Waals surface area contributed by atoms with Crippen LogP contribution in [0.5, 0.6) is 0 Å². The maximum Gasteiger partial charge on any atom is -0.0143 e. The standard InChI is InChI=1S/C40H62/c1-39(2,3)31-23-15-11-7-9-13-17-25-33-35-27-19-21-29-37(35)34(38-30-22-20-28-36(33)38)26-18-14-10-8-12-16-24-32-40(4,5)6/h19-22,27-30H,7-18,23-26,31-32H2,1-6H3. The van der Waals surface area contributed by atoms with E-state index < -0.39 is 0 Å². The Hall–Kier alpha value is -1.82. The number of unbranched alkanes of at least 4 members (excludes halogenated alkanes) is 12. The van der Waals surface area contributed by atoms with E-state index in [2.05, 4.69) is 90.1 Å². The molecule has 0 unspecified atom stereocenters. The van der Waals surface area contributed by atoms with E-state index in [1.165, 1.54) is 137 Å². The topological polar surface area (TPSA) is 0 Å². The maximum atomic E-state index is 2.40. The smallest absolute Gasteiger partial charge is 0.0143 e. The van der Waals surface area contributed by atoms with Crippen molar-refractivity contribution in [2.75, 3.05) is 0 Å². The van der Waals surface area contributed by atoms with Crippen LogP contribution < -0.4 is 0 Å². The van der Waals surface area contributed by atoms with E-state index in [-0.39, 0.29) is 0 Å². The van der Waals surface area contributed by atoms with Crippen molar-refractivity contribution in [3.63, 3.8) is 0 Å². The van der Waals surface area contributed by atoms with E-state index in [0.717, 1.165) is 0 Å². The summed E-state index contributed by atoms with van der Waals surface area (Å²) in [6, 6.07) is 18.6. The predicted octanol–water partition coefficient (Wildman–Crippen LogP) is 13.4. The number of fused-ring (bicyclic) bond motifs is 2. The van der Waals surface area contributed by atoms with Crippen molar-refractivity contribution < 1.29 is 0 Å². The van der Waals surface area contributed by atoms with Crippen LogP contribution in [0.25, 0.3) is 21.5 Å². The van der Waals surface area contributed by atoms with Gasteiger partial charge < -0.3 is 0 Å².